The summed E-state index contributed by atoms with van der Waals surface area (Å²) < 4.78 is 0.303. The summed E-state index contributed by atoms with van der Waals surface area (Å²) in [6.07, 6.45) is 9.40. The zero-order chi connectivity index (χ0) is 21.5. The van der Waals surface area contributed by atoms with Gasteiger partial charge in [-0.1, -0.05) is 0 Å². The van der Waals surface area contributed by atoms with Gasteiger partial charge in [0.1, 0.15) is 0 Å². The summed E-state index contributed by atoms with van der Waals surface area (Å²) in [6.45, 7) is 9.12. The third-order valence-corrected chi connectivity index (χ3v) is 79.8. The van der Waals surface area contributed by atoms with E-state index in [0.717, 1.165) is 0 Å². The maximum absolute atomic E-state index is 8.04. The molecular formula is C26H29Cl2HfSi. The van der Waals surface area contributed by atoms with Crippen molar-refractivity contribution in [3.63, 3.8) is 0 Å². The quantitative estimate of drug-likeness (QED) is 0.294. The minimum atomic E-state index is -4.56. The van der Waals surface area contributed by atoms with Gasteiger partial charge in [0, 0.05) is 0 Å². The van der Waals surface area contributed by atoms with Crippen LogP contribution in [-0.2, 0) is 15.3 Å². The molecule has 0 fully saturated rings. The first-order chi connectivity index (χ1) is 14.2. The fraction of sp³-hybridized carbons (Fsp3) is 0.231. The van der Waals surface area contributed by atoms with E-state index < -0.39 is 21.3 Å². The Morgan fingerprint density at radius 2 is 1.03 bits per heavy atom. The first kappa shape index (κ1) is 22.3. The van der Waals surface area contributed by atoms with Crippen LogP contribution in [0.4, 0.5) is 0 Å². The summed E-state index contributed by atoms with van der Waals surface area (Å²) >= 11 is -4.56. The first-order valence-electron chi connectivity index (χ1n) is 10.7. The Morgan fingerprint density at radius 3 is 1.37 bits per heavy atom. The van der Waals surface area contributed by atoms with Crippen molar-refractivity contribution in [2.45, 2.75) is 34.3 Å². The van der Waals surface area contributed by atoms with Crippen LogP contribution >= 0.6 is 17.2 Å². The van der Waals surface area contributed by atoms with E-state index in [2.05, 4.69) is 112 Å². The average molecular weight is 619 g/mol. The van der Waals surface area contributed by atoms with E-state index in [1.807, 2.05) is 0 Å². The van der Waals surface area contributed by atoms with Gasteiger partial charge in [-0.25, -0.2) is 0 Å². The normalized spacial score (nSPS) is 22.8. The molecule has 155 valence electrons. The number of hydrogen-bond donors (Lipinski definition) is 0. The van der Waals surface area contributed by atoms with E-state index in [1.165, 1.54) is 33.4 Å². The predicted octanol–water partition coefficient (Wildman–Crippen LogP) is 8.63. The van der Waals surface area contributed by atoms with Gasteiger partial charge in [-0.05, 0) is 0 Å². The molecule has 2 unspecified atom stereocenters. The van der Waals surface area contributed by atoms with Crippen molar-refractivity contribution in [3.05, 3.63) is 107 Å². The standard InChI is InChI=1S/2C12H11.C2H7Si.2ClH.Hf/c2*1-10-7-8-12(9-10)11-5-3-2-4-6-11;1-3-2;;;/h2*2-9H,1H3;3H,1-2H3;2*1H;/q;;;;;+2/p-2. The molecule has 2 aliphatic rings. The number of benzene rings is 2. The van der Waals surface area contributed by atoms with Crippen LogP contribution in [0.2, 0.25) is 20.4 Å². The van der Waals surface area contributed by atoms with Crippen LogP contribution in [0.5, 0.6) is 0 Å². The number of hydrogen-bond acceptors (Lipinski definition) is 0. The van der Waals surface area contributed by atoms with Crippen molar-refractivity contribution in [1.29, 1.82) is 0 Å². The SMILES string of the molecule is CC1=C[CH]([Hf]([Cl])([Cl])([CH]2C=C(C)C=C2c2ccccc2)[SiH](C)C)C(c2ccccc2)=C1. The molecule has 30 heavy (non-hydrogen) atoms. The van der Waals surface area contributed by atoms with E-state index in [1.54, 1.807) is 0 Å². The number of rotatable bonds is 5. The summed E-state index contributed by atoms with van der Waals surface area (Å²) in [5, 5.41) is 0. The van der Waals surface area contributed by atoms with E-state index >= 15 is 0 Å². The van der Waals surface area contributed by atoms with E-state index in [4.69, 9.17) is 17.2 Å². The fourth-order valence-electron chi connectivity index (χ4n) is 5.08. The molecule has 0 spiro atoms. The van der Waals surface area contributed by atoms with Gasteiger partial charge in [0.15, 0.2) is 0 Å². The van der Waals surface area contributed by atoms with Crippen LogP contribution in [0.15, 0.2) is 96.1 Å². The summed E-state index contributed by atoms with van der Waals surface area (Å²) in [5.74, 6) is -1.42. The predicted molar refractivity (Wildman–Crippen MR) is 134 cm³/mol. The van der Waals surface area contributed by atoms with Crippen LogP contribution in [0, 0.1) is 0 Å². The van der Waals surface area contributed by atoms with Crippen LogP contribution in [0.3, 0.4) is 0 Å². The minimum absolute atomic E-state index is 0.152. The molecule has 4 rings (SSSR count). The van der Waals surface area contributed by atoms with Gasteiger partial charge in [-0.3, -0.25) is 0 Å². The maximum atomic E-state index is 8.04. The Labute approximate surface area is 189 Å². The molecule has 0 amide bonds. The number of halogens is 2. The van der Waals surface area contributed by atoms with Gasteiger partial charge in [-0.15, -0.1) is 0 Å². The van der Waals surface area contributed by atoms with Crippen molar-refractivity contribution in [1.82, 2.24) is 0 Å². The van der Waals surface area contributed by atoms with E-state index in [9.17, 15) is 0 Å². The molecule has 0 heterocycles. The number of allylic oxidation sites excluding steroid dienone is 8. The summed E-state index contributed by atoms with van der Waals surface area (Å²) in [5.41, 5.74) is 7.69. The third-order valence-electron chi connectivity index (χ3n) is 6.80. The topological polar surface area (TPSA) is 0 Å². The molecule has 0 aromatic heterocycles. The second kappa shape index (κ2) is 8.20. The fourth-order valence-corrected chi connectivity index (χ4v) is 44.1. The van der Waals surface area contributed by atoms with Crippen LogP contribution in [0.25, 0.3) is 11.1 Å². The monoisotopic (exact) mass is 619 g/mol. The Balaban J connectivity index is 1.90. The van der Waals surface area contributed by atoms with Crippen molar-refractivity contribution in [3.8, 4) is 0 Å². The van der Waals surface area contributed by atoms with Crippen molar-refractivity contribution in [2.75, 3.05) is 0 Å². The molecule has 0 saturated carbocycles. The van der Waals surface area contributed by atoms with E-state index in [-0.39, 0.29) is 7.35 Å². The summed E-state index contributed by atoms with van der Waals surface area (Å²) in [7, 11) is 16.1. The molecule has 2 aliphatic carbocycles. The Morgan fingerprint density at radius 1 is 0.667 bits per heavy atom. The van der Waals surface area contributed by atoms with Crippen LogP contribution in [-0.4, -0.2) is 5.98 Å². The van der Waals surface area contributed by atoms with Gasteiger partial charge in [0.2, 0.25) is 0 Å². The second-order valence-corrected chi connectivity index (χ2v) is 68.7. The van der Waals surface area contributed by atoms with E-state index in [0.29, 0.717) is 0 Å². The second-order valence-electron chi connectivity index (χ2n) is 9.09. The summed E-state index contributed by atoms with van der Waals surface area (Å²) in [6, 6.07) is 21.4. The Kier molecular flexibility index (Phi) is 6.09. The van der Waals surface area contributed by atoms with Crippen LogP contribution in [0.1, 0.15) is 25.0 Å². The first-order valence-corrected chi connectivity index (χ1v) is 32.9. The van der Waals surface area contributed by atoms with Crippen molar-refractivity contribution < 1.29 is 15.3 Å². The molecule has 0 N–H and O–H groups in total. The van der Waals surface area contributed by atoms with Gasteiger partial charge in [0.05, 0.1) is 0 Å². The van der Waals surface area contributed by atoms with Gasteiger partial charge in [0.25, 0.3) is 0 Å². The molecule has 0 radical (unpaired) electrons. The third kappa shape index (κ3) is 3.64. The van der Waals surface area contributed by atoms with Gasteiger partial charge >= 0.3 is 191 Å². The Bertz CT molecular complexity index is 997. The van der Waals surface area contributed by atoms with Gasteiger partial charge in [-0.2, -0.15) is 0 Å². The molecule has 2 atom stereocenters. The molecule has 0 nitrogen and oxygen atoms in total. The van der Waals surface area contributed by atoms with Gasteiger partial charge < -0.3 is 0 Å². The molecule has 0 bridgehead atoms. The molecule has 4 heteroatoms. The Hall–Kier alpha value is -0.933. The molecular weight excluding hydrogens is 590 g/mol. The van der Waals surface area contributed by atoms with Crippen LogP contribution < -0.4 is 0 Å². The average Bonchev–Trinajstić information content (AvgIpc) is 3.33. The van der Waals surface area contributed by atoms with Crippen molar-refractivity contribution in [2.24, 2.45) is 0 Å². The molecule has 0 aliphatic heterocycles. The summed E-state index contributed by atoms with van der Waals surface area (Å²) in [4.78, 5) is 0. The zero-order valence-corrected chi connectivity index (χ0v) is 24.3. The molecule has 2 aromatic rings. The van der Waals surface area contributed by atoms with Crippen molar-refractivity contribution >= 4 is 34.3 Å². The zero-order valence-electron chi connectivity index (χ0n) is 18.1. The molecule has 0 saturated heterocycles. The molecule has 2 aromatic carbocycles.